The van der Waals surface area contributed by atoms with E-state index in [0.717, 1.165) is 5.56 Å². The highest BCUT2D eigenvalue weighted by atomic mass is 16.6. The Morgan fingerprint density at radius 1 is 1.13 bits per heavy atom. The van der Waals surface area contributed by atoms with Crippen LogP contribution in [0.1, 0.15) is 43.6 Å². The first-order valence-electron chi connectivity index (χ1n) is 7.29. The van der Waals surface area contributed by atoms with Crippen molar-refractivity contribution in [3.05, 3.63) is 35.4 Å². The number of methoxy groups -OCH3 is 1. The fourth-order valence-corrected chi connectivity index (χ4v) is 1.88. The molecule has 1 rings (SSSR count). The fourth-order valence-electron chi connectivity index (χ4n) is 1.88. The minimum Gasteiger partial charge on any atom is -0.465 e. The van der Waals surface area contributed by atoms with Crippen LogP contribution in [0.2, 0.25) is 0 Å². The van der Waals surface area contributed by atoms with E-state index in [4.69, 9.17) is 4.74 Å². The molecule has 1 amide bonds. The normalized spacial score (nSPS) is 12.2. The first-order valence-corrected chi connectivity index (χ1v) is 7.29. The quantitative estimate of drug-likeness (QED) is 0.843. The molecule has 0 heterocycles. The van der Waals surface area contributed by atoms with Crippen LogP contribution in [0.25, 0.3) is 0 Å². The number of esters is 1. The molecule has 6 nitrogen and oxygen atoms in total. The summed E-state index contributed by atoms with van der Waals surface area (Å²) < 4.78 is 9.79. The zero-order valence-electron chi connectivity index (χ0n) is 14.1. The predicted octanol–water partition coefficient (Wildman–Crippen LogP) is 2.50. The highest BCUT2D eigenvalue weighted by Crippen LogP contribution is 2.10. The number of ketones is 1. The van der Waals surface area contributed by atoms with E-state index in [0.29, 0.717) is 12.0 Å². The van der Waals surface area contributed by atoms with Crippen LogP contribution in [-0.4, -0.2) is 36.6 Å². The molecule has 1 unspecified atom stereocenters. The molecule has 0 saturated heterocycles. The van der Waals surface area contributed by atoms with Gasteiger partial charge in [-0.1, -0.05) is 12.1 Å². The second-order valence-electron chi connectivity index (χ2n) is 6.20. The molecule has 0 aliphatic rings. The minimum absolute atomic E-state index is 0.173. The lowest BCUT2D eigenvalue weighted by Gasteiger charge is -2.22. The lowest BCUT2D eigenvalue weighted by molar-refractivity contribution is -0.119. The van der Waals surface area contributed by atoms with E-state index in [1.807, 2.05) is 0 Å². The molecule has 1 aromatic carbocycles. The third kappa shape index (κ3) is 6.50. The maximum atomic E-state index is 11.8. The number of benzene rings is 1. The number of alkyl carbamates (subject to hydrolysis) is 1. The Labute approximate surface area is 136 Å². The van der Waals surface area contributed by atoms with Crippen molar-refractivity contribution in [3.8, 4) is 0 Å². The first kappa shape index (κ1) is 18.7. The number of carbonyl (C=O) groups is 3. The zero-order valence-corrected chi connectivity index (χ0v) is 14.1. The molecule has 0 aliphatic heterocycles. The Hall–Kier alpha value is -2.37. The summed E-state index contributed by atoms with van der Waals surface area (Å²) in [4.78, 5) is 34.9. The standard InChI is InChI=1S/C17H23NO5/c1-11(19)14(18-16(21)23-17(2,3)4)10-12-6-8-13(9-7-12)15(20)22-5/h6-9,14H,10H2,1-5H3,(H,18,21). The van der Waals surface area contributed by atoms with Gasteiger partial charge in [0.1, 0.15) is 5.60 Å². The number of ether oxygens (including phenoxy) is 2. The number of hydrogen-bond acceptors (Lipinski definition) is 5. The number of carbonyl (C=O) groups excluding carboxylic acids is 3. The van der Waals surface area contributed by atoms with Crippen molar-refractivity contribution in [2.24, 2.45) is 0 Å². The van der Waals surface area contributed by atoms with Crippen molar-refractivity contribution >= 4 is 17.8 Å². The van der Waals surface area contributed by atoms with Crippen LogP contribution in [0.5, 0.6) is 0 Å². The van der Waals surface area contributed by atoms with Crippen LogP contribution in [0.15, 0.2) is 24.3 Å². The predicted molar refractivity (Wildman–Crippen MR) is 85.3 cm³/mol. The van der Waals surface area contributed by atoms with E-state index in [2.05, 4.69) is 10.1 Å². The molecule has 1 aromatic rings. The summed E-state index contributed by atoms with van der Waals surface area (Å²) in [6, 6.07) is 5.99. The maximum Gasteiger partial charge on any atom is 0.408 e. The number of Topliss-reactive ketones (excluding diaryl/α,β-unsaturated/α-hetero) is 1. The van der Waals surface area contributed by atoms with E-state index in [1.54, 1.807) is 45.0 Å². The van der Waals surface area contributed by atoms with Crippen LogP contribution in [0.4, 0.5) is 4.79 Å². The highest BCUT2D eigenvalue weighted by Gasteiger charge is 2.22. The summed E-state index contributed by atoms with van der Waals surface area (Å²) in [5.41, 5.74) is 0.609. The van der Waals surface area contributed by atoms with Crippen LogP contribution in [0, 0.1) is 0 Å². The fraction of sp³-hybridized carbons (Fsp3) is 0.471. The summed E-state index contributed by atoms with van der Waals surface area (Å²) in [6.45, 7) is 6.66. The Kier molecular flexibility index (Phi) is 6.30. The Balaban J connectivity index is 2.75. The number of hydrogen-bond donors (Lipinski definition) is 1. The van der Waals surface area contributed by atoms with Gasteiger partial charge in [-0.25, -0.2) is 9.59 Å². The van der Waals surface area contributed by atoms with Crippen molar-refractivity contribution in [2.45, 2.75) is 45.8 Å². The minimum atomic E-state index is -0.686. The van der Waals surface area contributed by atoms with Crippen molar-refractivity contribution in [1.29, 1.82) is 0 Å². The number of nitrogens with one attached hydrogen (secondary N) is 1. The average molecular weight is 321 g/mol. The van der Waals surface area contributed by atoms with E-state index in [1.165, 1.54) is 14.0 Å². The second kappa shape index (κ2) is 7.76. The lowest BCUT2D eigenvalue weighted by Crippen LogP contribution is -2.43. The van der Waals surface area contributed by atoms with Gasteiger partial charge in [-0.3, -0.25) is 4.79 Å². The van der Waals surface area contributed by atoms with Crippen molar-refractivity contribution < 1.29 is 23.9 Å². The summed E-state index contributed by atoms with van der Waals surface area (Å²) in [6.07, 6.45) is -0.320. The first-order chi connectivity index (χ1) is 10.6. The van der Waals surface area contributed by atoms with E-state index in [9.17, 15) is 14.4 Å². The Bertz CT molecular complexity index is 572. The monoisotopic (exact) mass is 321 g/mol. The lowest BCUT2D eigenvalue weighted by atomic mass is 10.0. The van der Waals surface area contributed by atoms with Gasteiger partial charge < -0.3 is 14.8 Å². The van der Waals surface area contributed by atoms with Gasteiger partial charge >= 0.3 is 12.1 Å². The summed E-state index contributed by atoms with van der Waals surface area (Å²) >= 11 is 0. The zero-order chi connectivity index (χ0) is 17.6. The Morgan fingerprint density at radius 3 is 2.13 bits per heavy atom. The van der Waals surface area contributed by atoms with Gasteiger partial charge in [0.05, 0.1) is 18.7 Å². The van der Waals surface area contributed by atoms with Gasteiger partial charge in [-0.15, -0.1) is 0 Å². The molecule has 0 aromatic heterocycles. The second-order valence-corrected chi connectivity index (χ2v) is 6.20. The molecule has 126 valence electrons. The van der Waals surface area contributed by atoms with Gasteiger partial charge in [-0.2, -0.15) is 0 Å². The van der Waals surface area contributed by atoms with Crippen molar-refractivity contribution in [2.75, 3.05) is 7.11 Å². The average Bonchev–Trinajstić information content (AvgIpc) is 2.44. The molecular formula is C17H23NO5. The largest absolute Gasteiger partial charge is 0.465 e. The molecule has 23 heavy (non-hydrogen) atoms. The smallest absolute Gasteiger partial charge is 0.408 e. The van der Waals surface area contributed by atoms with E-state index >= 15 is 0 Å². The number of amides is 1. The van der Waals surface area contributed by atoms with Crippen LogP contribution >= 0.6 is 0 Å². The Morgan fingerprint density at radius 2 is 1.70 bits per heavy atom. The van der Waals surface area contributed by atoms with E-state index in [-0.39, 0.29) is 5.78 Å². The topological polar surface area (TPSA) is 81.7 Å². The SMILES string of the molecule is COC(=O)c1ccc(CC(NC(=O)OC(C)(C)C)C(C)=O)cc1. The van der Waals surface area contributed by atoms with E-state index < -0.39 is 23.7 Å². The highest BCUT2D eigenvalue weighted by molar-refractivity contribution is 5.89. The maximum absolute atomic E-state index is 11.8. The summed E-state index contributed by atoms with van der Waals surface area (Å²) in [5.74, 6) is -0.598. The van der Waals surface area contributed by atoms with Gasteiger partial charge in [0.25, 0.3) is 0 Å². The van der Waals surface area contributed by atoms with Gasteiger partial charge in [-0.05, 0) is 51.8 Å². The van der Waals surface area contributed by atoms with Crippen molar-refractivity contribution in [1.82, 2.24) is 5.32 Å². The third-order valence-corrected chi connectivity index (χ3v) is 3.00. The molecule has 1 atom stereocenters. The van der Waals surface area contributed by atoms with Gasteiger partial charge in [0.15, 0.2) is 5.78 Å². The molecule has 0 radical (unpaired) electrons. The summed E-state index contributed by atoms with van der Waals surface area (Å²) in [7, 11) is 1.31. The molecule has 0 saturated carbocycles. The molecule has 1 N–H and O–H groups in total. The van der Waals surface area contributed by atoms with Crippen LogP contribution < -0.4 is 5.32 Å². The van der Waals surface area contributed by atoms with Gasteiger partial charge in [0, 0.05) is 0 Å². The molecule has 0 fully saturated rings. The van der Waals surface area contributed by atoms with Crippen LogP contribution in [-0.2, 0) is 20.7 Å². The molecule has 6 heteroatoms. The van der Waals surface area contributed by atoms with Crippen molar-refractivity contribution in [3.63, 3.8) is 0 Å². The van der Waals surface area contributed by atoms with Gasteiger partial charge in [0.2, 0.25) is 0 Å². The van der Waals surface area contributed by atoms with Crippen LogP contribution in [0.3, 0.4) is 0 Å². The summed E-state index contributed by atoms with van der Waals surface area (Å²) in [5, 5.41) is 2.57. The molecule has 0 bridgehead atoms. The molecule has 0 aliphatic carbocycles. The number of rotatable bonds is 5. The molecule has 0 spiro atoms. The third-order valence-electron chi connectivity index (χ3n) is 3.00. The molecular weight excluding hydrogens is 298 g/mol.